The van der Waals surface area contributed by atoms with Crippen molar-refractivity contribution in [2.45, 2.75) is 214 Å². The molecular formula is C49H58O3S12. The van der Waals surface area contributed by atoms with Crippen molar-refractivity contribution in [2.24, 2.45) is 17.8 Å². The number of fused-ring (bicyclic) bond motifs is 6. The first kappa shape index (κ1) is 49.8. The SMILES string of the molecule is CC(C)C(=O)c1c2c(c(C(c3c4c(c(C(=O)C(C)C)c5c3SC(C)(C)S5)SC(C)(C)S4)c3c4c(c(C(=O)C(C)C)c5c3SC(C)(C)S5)SC(C)(C)S4)c3c1SC(C)(C)S3)SC(C)(C)S2. The van der Waals surface area contributed by atoms with Gasteiger partial charge in [-0.1, -0.05) is 41.5 Å². The van der Waals surface area contributed by atoms with E-state index in [9.17, 15) is 14.4 Å². The maximum atomic E-state index is 14.8. The van der Waals surface area contributed by atoms with E-state index < -0.39 is 0 Å². The molecule has 0 fully saturated rings. The summed E-state index contributed by atoms with van der Waals surface area (Å²) in [7, 11) is 0. The second kappa shape index (κ2) is 16.5. The van der Waals surface area contributed by atoms with E-state index in [4.69, 9.17) is 0 Å². The molecule has 0 spiro atoms. The van der Waals surface area contributed by atoms with Crippen LogP contribution in [0.25, 0.3) is 0 Å². The Bertz CT molecular complexity index is 2210. The van der Waals surface area contributed by atoms with Crippen molar-refractivity contribution in [3.05, 3.63) is 33.4 Å². The lowest BCUT2D eigenvalue weighted by molar-refractivity contribution is 0.0925. The molecule has 0 N–H and O–H groups in total. The van der Waals surface area contributed by atoms with Gasteiger partial charge in [0.25, 0.3) is 0 Å². The molecule has 0 atom stereocenters. The molecule has 3 aromatic rings. The van der Waals surface area contributed by atoms with Crippen molar-refractivity contribution in [2.75, 3.05) is 0 Å². The quantitative estimate of drug-likeness (QED) is 0.151. The minimum absolute atomic E-state index is 0.147. The average Bonchev–Trinajstić information content (AvgIpc) is 3.95. The summed E-state index contributed by atoms with van der Waals surface area (Å²) in [5.41, 5.74) is 6.66. The van der Waals surface area contributed by atoms with E-state index in [1.807, 2.05) is 183 Å². The molecule has 3 nitrogen and oxygen atoms in total. The van der Waals surface area contributed by atoms with Crippen LogP contribution in [-0.2, 0) is 0 Å². The van der Waals surface area contributed by atoms with E-state index in [0.717, 1.165) is 46.1 Å². The summed E-state index contributed by atoms with van der Waals surface area (Å²) in [5.74, 6) is -0.0427. The van der Waals surface area contributed by atoms with Crippen LogP contribution in [0.3, 0.4) is 0 Å². The van der Waals surface area contributed by atoms with Crippen LogP contribution in [0.15, 0.2) is 58.7 Å². The lowest BCUT2D eigenvalue weighted by Gasteiger charge is -2.32. The summed E-state index contributed by atoms with van der Waals surface area (Å²) in [6, 6.07) is 0. The molecule has 0 radical (unpaired) electrons. The van der Waals surface area contributed by atoms with E-state index in [0.29, 0.717) is 0 Å². The second-order valence-corrected chi connectivity index (χ2v) is 42.1. The summed E-state index contributed by atoms with van der Waals surface area (Å²) >= 11 is 22.8. The number of rotatable bonds is 9. The van der Waals surface area contributed by atoms with Crippen molar-refractivity contribution >= 4 is 158 Å². The number of ketones is 3. The van der Waals surface area contributed by atoms with Gasteiger partial charge in [0.15, 0.2) is 17.3 Å². The van der Waals surface area contributed by atoms with Crippen LogP contribution >= 0.6 is 141 Å². The van der Waals surface area contributed by atoms with Crippen LogP contribution in [0.4, 0.5) is 0 Å². The van der Waals surface area contributed by atoms with Gasteiger partial charge in [0.1, 0.15) is 0 Å². The Labute approximate surface area is 433 Å². The van der Waals surface area contributed by atoms with Crippen molar-refractivity contribution < 1.29 is 14.4 Å². The first-order valence-electron chi connectivity index (χ1n) is 22.0. The van der Waals surface area contributed by atoms with Crippen molar-refractivity contribution in [1.29, 1.82) is 0 Å². The zero-order chi connectivity index (χ0) is 46.9. The zero-order valence-electron chi connectivity index (χ0n) is 39.9. The third-order valence-electron chi connectivity index (χ3n) is 11.4. The Balaban J connectivity index is 1.54. The van der Waals surface area contributed by atoms with Gasteiger partial charge in [0.2, 0.25) is 0 Å². The monoisotopic (exact) mass is 1080 g/mol. The third-order valence-corrected chi connectivity index (χ3v) is 28.5. The van der Waals surface area contributed by atoms with Crippen LogP contribution in [-0.4, -0.2) is 41.8 Å². The fourth-order valence-corrected chi connectivity index (χ4v) is 27.0. The third kappa shape index (κ3) is 8.44. The second-order valence-electron chi connectivity index (χ2n) is 20.9. The summed E-state index contributed by atoms with van der Waals surface area (Å²) < 4.78 is -1.25. The lowest BCUT2D eigenvalue weighted by atomic mass is 9.82. The van der Waals surface area contributed by atoms with Crippen LogP contribution in [0, 0.1) is 17.8 Å². The molecule has 15 heteroatoms. The molecule has 6 aliphatic rings. The predicted octanol–water partition coefficient (Wildman–Crippen LogP) is 19.0. The first-order chi connectivity index (χ1) is 29.3. The fraction of sp³-hybridized carbons (Fsp3) is 0.571. The Kier molecular flexibility index (Phi) is 12.8. The van der Waals surface area contributed by atoms with Gasteiger partial charge >= 0.3 is 0 Å². The average molecular weight is 1080 g/mol. The number of hydrogen-bond acceptors (Lipinski definition) is 15. The highest BCUT2D eigenvalue weighted by atomic mass is 32.2. The molecular weight excluding hydrogens is 1020 g/mol. The topological polar surface area (TPSA) is 51.2 Å². The van der Waals surface area contributed by atoms with E-state index >= 15 is 0 Å². The molecule has 0 aliphatic carbocycles. The molecule has 0 unspecified atom stereocenters. The van der Waals surface area contributed by atoms with E-state index in [-0.39, 0.29) is 65.5 Å². The van der Waals surface area contributed by atoms with Crippen LogP contribution in [0.1, 0.15) is 178 Å². The number of thioether (sulfide) groups is 12. The minimum atomic E-state index is -0.251. The fourth-order valence-electron chi connectivity index (χ4n) is 9.06. The standard InChI is InChI=1S/C49H58O3S12/c1-19(2)29(50)26-38-32(53-44(7,8)59-38)23(33-39(26)60-45(9,10)54-33)22(24-34-40(61-46(11,12)55-34)27(30(51)20(3)4)41-35(24)56-47(13,14)62-41)25-36-42(63-48(15,16)57-36)28(31(52)21(5)6)43-37(25)58-49(17,18)64-43/h19-22H,1-18H3. The molecule has 0 saturated carbocycles. The molecule has 9 rings (SSSR count). The van der Waals surface area contributed by atoms with E-state index in [1.54, 1.807) is 0 Å². The molecule has 0 aromatic heterocycles. The number of Topliss-reactive ketones (excluding diaryl/α,β-unsaturated/α-hetero) is 3. The van der Waals surface area contributed by atoms with Crippen LogP contribution in [0.5, 0.6) is 0 Å². The van der Waals surface area contributed by atoms with Gasteiger partial charge in [-0.05, 0) is 99.8 Å². The molecule has 0 bridgehead atoms. The van der Waals surface area contributed by atoms with Crippen molar-refractivity contribution in [1.82, 2.24) is 0 Å². The summed E-state index contributed by atoms with van der Waals surface area (Å²) in [4.78, 5) is 58.6. The smallest absolute Gasteiger partial charge is 0.167 e. The molecule has 3 aromatic carbocycles. The molecule has 64 heavy (non-hydrogen) atoms. The van der Waals surface area contributed by atoms with Gasteiger partial charge in [-0.3, -0.25) is 14.4 Å². The highest BCUT2D eigenvalue weighted by Gasteiger charge is 2.53. The Morgan fingerprint density at radius 2 is 0.422 bits per heavy atom. The highest BCUT2D eigenvalue weighted by Crippen LogP contribution is 2.75. The summed E-state index contributed by atoms with van der Waals surface area (Å²) in [5, 5.41) is 0. The Morgan fingerprint density at radius 1 is 0.281 bits per heavy atom. The predicted molar refractivity (Wildman–Crippen MR) is 293 cm³/mol. The van der Waals surface area contributed by atoms with Gasteiger partial charge in [-0.15, -0.1) is 141 Å². The summed E-state index contributed by atoms with van der Waals surface area (Å²) in [6.45, 7) is 40.1. The molecule has 6 aliphatic heterocycles. The number of carbonyl (C=O) groups excluding carboxylic acids is 3. The molecule has 344 valence electrons. The Morgan fingerprint density at radius 3 is 0.562 bits per heavy atom. The Hall–Kier alpha value is 0.870. The highest BCUT2D eigenvalue weighted by molar-refractivity contribution is 8.23. The zero-order valence-corrected chi connectivity index (χ0v) is 49.7. The first-order valence-corrected chi connectivity index (χ1v) is 31.8. The van der Waals surface area contributed by atoms with Gasteiger partial charge in [0.05, 0.1) is 24.5 Å². The number of carbonyl (C=O) groups is 3. The molecule has 6 heterocycles. The van der Waals surface area contributed by atoms with Gasteiger partial charge in [-0.25, -0.2) is 0 Å². The normalized spacial score (nSPS) is 22.0. The maximum absolute atomic E-state index is 14.8. The van der Waals surface area contributed by atoms with Crippen molar-refractivity contribution in [3.8, 4) is 0 Å². The van der Waals surface area contributed by atoms with Gasteiger partial charge < -0.3 is 0 Å². The van der Waals surface area contributed by atoms with Crippen LogP contribution in [0.2, 0.25) is 0 Å². The van der Waals surface area contributed by atoms with Crippen LogP contribution < -0.4 is 0 Å². The van der Waals surface area contributed by atoms with Crippen molar-refractivity contribution in [3.63, 3.8) is 0 Å². The van der Waals surface area contributed by atoms with Gasteiger partial charge in [-0.2, -0.15) is 0 Å². The van der Waals surface area contributed by atoms with E-state index in [2.05, 4.69) is 83.1 Å². The van der Waals surface area contributed by atoms with Gasteiger partial charge in [0, 0.05) is 99.1 Å². The largest absolute Gasteiger partial charge is 0.294 e. The molecule has 0 amide bonds. The maximum Gasteiger partial charge on any atom is 0.167 e. The lowest BCUT2D eigenvalue weighted by Crippen LogP contribution is -2.18. The van der Waals surface area contributed by atoms with E-state index in [1.165, 1.54) is 46.1 Å². The number of hydrogen-bond donors (Lipinski definition) is 0. The minimum Gasteiger partial charge on any atom is -0.294 e. The number of benzene rings is 3. The summed E-state index contributed by atoms with van der Waals surface area (Å²) in [6.07, 6.45) is 0. The molecule has 0 saturated heterocycles.